The van der Waals surface area contributed by atoms with Crippen molar-refractivity contribution in [3.8, 4) is 0 Å². The largest absolute Gasteiger partial charge is 0.412 e. The minimum atomic E-state index is -2.20. The number of amides is 2. The molecule has 0 bridgehead atoms. The van der Waals surface area contributed by atoms with Crippen LogP contribution in [0.3, 0.4) is 0 Å². The number of hydrogen-bond donors (Lipinski definition) is 3. The molecule has 0 aliphatic carbocycles. The lowest BCUT2D eigenvalue weighted by atomic mass is 10.1. The maximum atomic E-state index is 13.2. The summed E-state index contributed by atoms with van der Waals surface area (Å²) in [5.74, 6) is -0.883. The van der Waals surface area contributed by atoms with Gasteiger partial charge in [0.2, 0.25) is 5.69 Å². The monoisotopic (exact) mass is 500 g/mol. The Kier molecular flexibility index (Phi) is 8.89. The van der Waals surface area contributed by atoms with Crippen LogP contribution in [-0.4, -0.2) is 32.3 Å². The maximum absolute atomic E-state index is 13.2. The maximum Gasteiger partial charge on any atom is 0.269 e. The third-order valence-corrected chi connectivity index (χ3v) is 11.2. The molecule has 2 rings (SSSR count). The quantitative estimate of drug-likeness (QED) is 0.253. The average molecular weight is 501 g/mol. The number of halogens is 1. The van der Waals surface area contributed by atoms with Crippen molar-refractivity contribution in [1.82, 2.24) is 10.9 Å². The highest BCUT2D eigenvalue weighted by Crippen LogP contribution is 2.38. The molecule has 34 heavy (non-hydrogen) atoms. The second kappa shape index (κ2) is 11.0. The van der Waals surface area contributed by atoms with Gasteiger partial charge in [-0.05, 0) is 55.7 Å². The zero-order chi connectivity index (χ0) is 25.7. The molecule has 2 aromatic carbocycles. The smallest absolute Gasteiger partial charge is 0.269 e. The highest BCUT2D eigenvalue weighted by Gasteiger charge is 2.41. The van der Waals surface area contributed by atoms with E-state index in [9.17, 15) is 9.59 Å². The van der Waals surface area contributed by atoms with Crippen LogP contribution >= 0.6 is 11.6 Å². The van der Waals surface area contributed by atoms with Crippen molar-refractivity contribution in [2.24, 2.45) is 0 Å². The second-order valence-electron chi connectivity index (χ2n) is 9.70. The average Bonchev–Trinajstić information content (AvgIpc) is 2.77. The number of benzene rings is 2. The number of nitrogens with zero attached hydrogens (tertiary/aromatic N) is 1. The first kappa shape index (κ1) is 27.4. The van der Waals surface area contributed by atoms with Crippen LogP contribution in [0, 0.1) is 13.5 Å². The number of carbonyl (C=O) groups is 2. The van der Waals surface area contributed by atoms with Crippen LogP contribution in [0.15, 0.2) is 42.5 Å². The Bertz CT molecular complexity index is 1080. The molecule has 0 saturated carbocycles. The Labute approximate surface area is 208 Å². The summed E-state index contributed by atoms with van der Waals surface area (Å²) in [5.41, 5.74) is 7.01. The number of nitrogens with one attached hydrogen (secondary N) is 3. The van der Waals surface area contributed by atoms with Crippen LogP contribution in [0.4, 0.5) is 11.4 Å². The molecule has 0 aliphatic heterocycles. The minimum absolute atomic E-state index is 0.0552. The molecule has 182 valence electrons. The lowest BCUT2D eigenvalue weighted by Gasteiger charge is -2.40. The molecule has 0 saturated heterocycles. The Morgan fingerprint density at radius 2 is 1.71 bits per heavy atom. The molecule has 2 aromatic rings. The lowest BCUT2D eigenvalue weighted by Crippen LogP contribution is -2.55. The van der Waals surface area contributed by atoms with Crippen LogP contribution in [0.2, 0.25) is 23.2 Å². The minimum Gasteiger partial charge on any atom is -0.412 e. The van der Waals surface area contributed by atoms with Crippen molar-refractivity contribution in [2.45, 2.75) is 64.9 Å². The van der Waals surface area contributed by atoms with Gasteiger partial charge < -0.3 is 9.74 Å². The summed E-state index contributed by atoms with van der Waals surface area (Å²) >= 11 is 6.34. The highest BCUT2D eigenvalue weighted by atomic mass is 35.5. The van der Waals surface area contributed by atoms with Crippen molar-refractivity contribution in [2.75, 3.05) is 5.32 Å². The van der Waals surface area contributed by atoms with Crippen molar-refractivity contribution in [1.29, 1.82) is 0 Å². The van der Waals surface area contributed by atoms with Gasteiger partial charge in [0.25, 0.3) is 11.8 Å². The van der Waals surface area contributed by atoms with Gasteiger partial charge in [0.05, 0.1) is 17.7 Å². The Hall–Kier alpha value is -2.86. The molecule has 0 spiro atoms. The number of carbonyl (C=O) groups excluding carboxylic acids is 2. The van der Waals surface area contributed by atoms with E-state index in [0.717, 1.165) is 0 Å². The third-order valence-electron chi connectivity index (χ3n) is 6.17. The number of rotatable bonds is 7. The third kappa shape index (κ3) is 6.60. The van der Waals surface area contributed by atoms with Gasteiger partial charge in [-0.15, -0.1) is 0 Å². The molecule has 0 heterocycles. The Morgan fingerprint density at radius 1 is 1.09 bits per heavy atom. The van der Waals surface area contributed by atoms with E-state index in [1.54, 1.807) is 43.3 Å². The van der Waals surface area contributed by atoms with Gasteiger partial charge in [0.1, 0.15) is 6.04 Å². The summed E-state index contributed by atoms with van der Waals surface area (Å²) in [4.78, 5) is 29.1. The van der Waals surface area contributed by atoms with Gasteiger partial charge in [0, 0.05) is 11.3 Å². The Balaban J connectivity index is 2.29. The van der Waals surface area contributed by atoms with Crippen molar-refractivity contribution < 1.29 is 14.0 Å². The fraction of sp³-hybridized carbons (Fsp3) is 0.400. The first-order valence-corrected chi connectivity index (χ1v) is 14.3. The molecule has 0 aliphatic rings. The van der Waals surface area contributed by atoms with E-state index >= 15 is 0 Å². The molecule has 3 N–H and O–H groups in total. The normalized spacial score (nSPS) is 13.4. The van der Waals surface area contributed by atoms with Crippen molar-refractivity contribution >= 4 is 43.1 Å². The lowest BCUT2D eigenvalue weighted by molar-refractivity contribution is -0.124. The molecule has 2 amide bonds. The molecular formula is C25H33ClN4O3Si. The number of anilines is 1. The molecule has 0 unspecified atom stereocenters. The van der Waals surface area contributed by atoms with Gasteiger partial charge in [0.15, 0.2) is 8.32 Å². The number of hydrazine groups is 1. The fourth-order valence-corrected chi connectivity index (χ4v) is 4.67. The van der Waals surface area contributed by atoms with Crippen LogP contribution in [0.5, 0.6) is 0 Å². The predicted octanol–water partition coefficient (Wildman–Crippen LogP) is 5.85. The molecule has 0 aromatic heterocycles. The fourth-order valence-electron chi connectivity index (χ4n) is 3.04. The van der Waals surface area contributed by atoms with Gasteiger partial charge in [-0.3, -0.25) is 20.4 Å². The zero-order valence-electron chi connectivity index (χ0n) is 20.7. The van der Waals surface area contributed by atoms with Gasteiger partial charge in [-0.2, -0.15) is 0 Å². The topological polar surface area (TPSA) is 83.8 Å². The van der Waals surface area contributed by atoms with Gasteiger partial charge in [-0.25, -0.2) is 4.85 Å². The molecule has 7 nitrogen and oxygen atoms in total. The van der Waals surface area contributed by atoms with Crippen LogP contribution in [0.25, 0.3) is 4.85 Å². The first-order chi connectivity index (χ1) is 15.8. The molecule has 0 fully saturated rings. The SMILES string of the molecule is [C-]#[N+]c1ccc(N[C@@H](C(=O)NNC(=O)c2ccccc2)[C@H](C)O[Si](C)(C)C(C)(C)C)c(C)c1Cl. The van der Waals surface area contributed by atoms with Crippen LogP contribution in [0.1, 0.15) is 43.6 Å². The van der Waals surface area contributed by atoms with E-state index in [4.69, 9.17) is 22.6 Å². The summed E-state index contributed by atoms with van der Waals surface area (Å²) in [6, 6.07) is 11.1. The molecular weight excluding hydrogens is 468 g/mol. The first-order valence-electron chi connectivity index (χ1n) is 11.0. The van der Waals surface area contributed by atoms with E-state index < -0.39 is 32.3 Å². The predicted molar refractivity (Wildman–Crippen MR) is 140 cm³/mol. The highest BCUT2D eigenvalue weighted by molar-refractivity contribution is 6.74. The van der Waals surface area contributed by atoms with Crippen LogP contribution in [-0.2, 0) is 9.22 Å². The van der Waals surface area contributed by atoms with Gasteiger partial charge in [-0.1, -0.05) is 56.6 Å². The zero-order valence-corrected chi connectivity index (χ0v) is 22.5. The van der Waals surface area contributed by atoms with Crippen molar-refractivity contribution in [3.63, 3.8) is 0 Å². The number of hydrogen-bond acceptors (Lipinski definition) is 4. The summed E-state index contributed by atoms with van der Waals surface area (Å²) in [6.45, 7) is 21.5. The standard InChI is InChI=1S/C25H33ClN4O3Si/c1-16-19(14-15-20(27-6)21(16)26)28-22(17(2)33-34(7,8)25(3,4)5)24(32)30-29-23(31)18-12-10-9-11-13-18/h9-15,17,22,28H,1-5,7-8H3,(H,29,31)(H,30,32)/t17-,22+/m0/s1. The van der Waals surface area contributed by atoms with E-state index in [-0.39, 0.29) is 5.04 Å². The van der Waals surface area contributed by atoms with E-state index in [0.29, 0.717) is 27.5 Å². The molecule has 9 heteroatoms. The van der Waals surface area contributed by atoms with E-state index in [1.165, 1.54) is 0 Å². The van der Waals surface area contributed by atoms with E-state index in [2.05, 4.69) is 54.9 Å². The summed E-state index contributed by atoms with van der Waals surface area (Å²) in [6.07, 6.45) is -0.520. The van der Waals surface area contributed by atoms with E-state index in [1.807, 2.05) is 13.0 Å². The summed E-state index contributed by atoms with van der Waals surface area (Å²) in [5, 5.41) is 3.50. The summed E-state index contributed by atoms with van der Waals surface area (Å²) < 4.78 is 6.49. The summed E-state index contributed by atoms with van der Waals surface area (Å²) in [7, 11) is -2.20. The van der Waals surface area contributed by atoms with Crippen molar-refractivity contribution in [3.05, 3.63) is 70.0 Å². The van der Waals surface area contributed by atoms with Crippen LogP contribution < -0.4 is 16.2 Å². The second-order valence-corrected chi connectivity index (χ2v) is 14.8. The molecule has 0 radical (unpaired) electrons. The molecule has 2 atom stereocenters. The Morgan fingerprint density at radius 3 is 2.26 bits per heavy atom. The van der Waals surface area contributed by atoms with Gasteiger partial charge >= 0.3 is 0 Å².